The van der Waals surface area contributed by atoms with Crippen LogP contribution in [-0.4, -0.2) is 20.6 Å². The standard InChI is InChI=1S/C21H19N2.C17H19N2.Ir/c1-2-9-16(10-3-1)21-22-19-12-6-11-18-17(15-7-4-5-8-15)13-14-23(21)20(18)19;1-12(2)19-15-10-7-11-18-16(15)13-8-5-6-9-14(13)17(19,3)4;/h1-3,6,9,11-13,15H,4-5,7-8,14H2;5-7,9-12H,1-4H3;/q2*-1;. The molecule has 0 atom stereocenters. The molecular formula is C38H38IrN4-2. The minimum Gasteiger partial charge on any atom is -0.374 e. The van der Waals surface area contributed by atoms with Gasteiger partial charge in [0, 0.05) is 61.4 Å². The maximum absolute atomic E-state index is 4.91. The number of anilines is 1. The van der Waals surface area contributed by atoms with E-state index in [0.717, 1.165) is 40.6 Å². The molecular weight excluding hydrogens is 705 g/mol. The number of hydrogen-bond donors (Lipinski definition) is 0. The van der Waals surface area contributed by atoms with Crippen LogP contribution in [0.3, 0.4) is 0 Å². The Hall–Kier alpha value is -3.53. The number of pyridine rings is 1. The Morgan fingerprint density at radius 2 is 1.72 bits per heavy atom. The molecule has 8 rings (SSSR count). The molecule has 0 bridgehead atoms. The normalized spacial score (nSPS) is 16.6. The smallest absolute Gasteiger partial charge is 0.0777 e. The van der Waals surface area contributed by atoms with E-state index >= 15 is 0 Å². The van der Waals surface area contributed by atoms with Gasteiger partial charge in [0.2, 0.25) is 0 Å². The third kappa shape index (κ3) is 5.07. The zero-order valence-electron chi connectivity index (χ0n) is 25.4. The Balaban J connectivity index is 0.000000153. The third-order valence-corrected chi connectivity index (χ3v) is 9.23. The molecule has 4 nitrogen and oxygen atoms in total. The van der Waals surface area contributed by atoms with Crippen molar-refractivity contribution in [3.8, 4) is 22.6 Å². The van der Waals surface area contributed by atoms with Crippen molar-refractivity contribution >= 4 is 22.3 Å². The van der Waals surface area contributed by atoms with Crippen molar-refractivity contribution in [2.45, 2.75) is 71.5 Å². The van der Waals surface area contributed by atoms with E-state index in [1.54, 1.807) is 5.57 Å². The van der Waals surface area contributed by atoms with E-state index in [2.05, 4.69) is 109 Å². The molecule has 0 saturated heterocycles. The Kier molecular flexibility index (Phi) is 8.15. The number of nitrogens with zero attached hydrogens (tertiary/aromatic N) is 4. The molecule has 5 aromatic rings. The number of aromatic nitrogens is 3. The van der Waals surface area contributed by atoms with Crippen molar-refractivity contribution in [3.63, 3.8) is 0 Å². The Bertz CT molecular complexity index is 1780. The number of para-hydroxylation sites is 1. The largest absolute Gasteiger partial charge is 0.374 e. The van der Waals surface area contributed by atoms with Gasteiger partial charge in [0.05, 0.1) is 16.9 Å². The zero-order valence-corrected chi connectivity index (χ0v) is 27.8. The summed E-state index contributed by atoms with van der Waals surface area (Å²) in [6, 6.07) is 32.2. The Morgan fingerprint density at radius 3 is 2.49 bits per heavy atom. The first-order chi connectivity index (χ1) is 20.4. The van der Waals surface area contributed by atoms with E-state index < -0.39 is 0 Å². The van der Waals surface area contributed by atoms with Gasteiger partial charge < -0.3 is 14.5 Å². The van der Waals surface area contributed by atoms with Crippen molar-refractivity contribution in [1.29, 1.82) is 0 Å². The summed E-state index contributed by atoms with van der Waals surface area (Å²) in [6.07, 6.45) is 9.74. The Labute approximate surface area is 269 Å². The van der Waals surface area contributed by atoms with Crippen LogP contribution in [0.25, 0.3) is 39.3 Å². The third-order valence-electron chi connectivity index (χ3n) is 9.23. The topological polar surface area (TPSA) is 34.0 Å². The quantitative estimate of drug-likeness (QED) is 0.173. The monoisotopic (exact) mass is 743 g/mol. The van der Waals surface area contributed by atoms with Gasteiger partial charge in [-0.3, -0.25) is 4.98 Å². The van der Waals surface area contributed by atoms with Crippen LogP contribution >= 0.6 is 0 Å². The molecule has 2 aromatic heterocycles. The average Bonchev–Trinajstić information content (AvgIpc) is 3.68. The summed E-state index contributed by atoms with van der Waals surface area (Å²) in [5, 5.41) is 0. The van der Waals surface area contributed by atoms with Crippen molar-refractivity contribution in [3.05, 3.63) is 108 Å². The summed E-state index contributed by atoms with van der Waals surface area (Å²) in [4.78, 5) is 11.9. The van der Waals surface area contributed by atoms with Gasteiger partial charge >= 0.3 is 0 Å². The summed E-state index contributed by atoms with van der Waals surface area (Å²) in [6.45, 7) is 9.94. The molecule has 3 aromatic carbocycles. The molecule has 5 heteroatoms. The van der Waals surface area contributed by atoms with Crippen LogP contribution in [0.1, 0.15) is 64.5 Å². The number of allylic oxidation sites excluding steroid dienone is 2. The van der Waals surface area contributed by atoms with Gasteiger partial charge in [0.15, 0.2) is 0 Å². The molecule has 0 unspecified atom stereocenters. The molecule has 0 N–H and O–H groups in total. The molecule has 0 amide bonds. The van der Waals surface area contributed by atoms with Crippen LogP contribution in [0.4, 0.5) is 5.69 Å². The molecule has 0 spiro atoms. The first-order valence-electron chi connectivity index (χ1n) is 15.4. The van der Waals surface area contributed by atoms with Crippen LogP contribution in [0, 0.1) is 18.1 Å². The fourth-order valence-corrected chi connectivity index (χ4v) is 7.54. The van der Waals surface area contributed by atoms with E-state index in [4.69, 9.17) is 4.98 Å². The van der Waals surface area contributed by atoms with Gasteiger partial charge in [0.25, 0.3) is 0 Å². The van der Waals surface area contributed by atoms with Gasteiger partial charge in [-0.05, 0) is 70.2 Å². The summed E-state index contributed by atoms with van der Waals surface area (Å²) in [5.41, 5.74) is 11.1. The second-order valence-corrected chi connectivity index (χ2v) is 12.5. The van der Waals surface area contributed by atoms with Crippen LogP contribution in [0.2, 0.25) is 0 Å². The van der Waals surface area contributed by atoms with Gasteiger partial charge in [-0.1, -0.05) is 31.1 Å². The van der Waals surface area contributed by atoms with Gasteiger partial charge in [-0.25, -0.2) is 0 Å². The van der Waals surface area contributed by atoms with E-state index in [1.807, 2.05) is 30.5 Å². The van der Waals surface area contributed by atoms with E-state index in [0.29, 0.717) is 6.04 Å². The molecule has 2 aliphatic heterocycles. The molecule has 4 heterocycles. The van der Waals surface area contributed by atoms with Crippen LogP contribution in [0.15, 0.2) is 85.1 Å². The first-order valence-corrected chi connectivity index (χ1v) is 15.4. The molecule has 43 heavy (non-hydrogen) atoms. The maximum atomic E-state index is 4.91. The van der Waals surface area contributed by atoms with Crippen molar-refractivity contribution in [2.24, 2.45) is 5.92 Å². The summed E-state index contributed by atoms with van der Waals surface area (Å²) >= 11 is 0. The summed E-state index contributed by atoms with van der Waals surface area (Å²) < 4.78 is 2.36. The van der Waals surface area contributed by atoms with E-state index in [9.17, 15) is 0 Å². The van der Waals surface area contributed by atoms with Crippen LogP contribution in [0.5, 0.6) is 0 Å². The zero-order chi connectivity index (χ0) is 28.8. The second-order valence-electron chi connectivity index (χ2n) is 12.5. The molecule has 1 saturated carbocycles. The minimum absolute atomic E-state index is 0. The number of hydrogen-bond acceptors (Lipinski definition) is 3. The summed E-state index contributed by atoms with van der Waals surface area (Å²) in [5.74, 6) is 1.78. The number of rotatable bonds is 3. The number of imidazole rings is 1. The van der Waals surface area contributed by atoms with Crippen molar-refractivity contribution in [1.82, 2.24) is 14.5 Å². The van der Waals surface area contributed by atoms with Crippen LogP contribution < -0.4 is 4.90 Å². The van der Waals surface area contributed by atoms with Crippen molar-refractivity contribution < 1.29 is 20.1 Å². The van der Waals surface area contributed by atoms with E-state index in [1.165, 1.54) is 48.0 Å². The van der Waals surface area contributed by atoms with E-state index in [-0.39, 0.29) is 25.6 Å². The SMILES string of the molecule is CC(C)N1c2cccnc2-c2[c-]cccc2C1(C)C.[Ir].[c-]1ccccc1-c1nc2cccc3c2n1CC=C3C1CCCC1. The van der Waals surface area contributed by atoms with Gasteiger partial charge in [0.1, 0.15) is 0 Å². The molecule has 3 aliphatic rings. The predicted octanol–water partition coefficient (Wildman–Crippen LogP) is 9.10. The first kappa shape index (κ1) is 29.5. The van der Waals surface area contributed by atoms with Crippen molar-refractivity contribution in [2.75, 3.05) is 4.90 Å². The second kappa shape index (κ2) is 11.9. The minimum atomic E-state index is -0.0444. The number of benzene rings is 3. The fraction of sp³-hybridized carbons (Fsp3) is 0.316. The maximum Gasteiger partial charge on any atom is 0.0777 e. The van der Waals surface area contributed by atoms with Gasteiger partial charge in [-0.15, -0.1) is 71.3 Å². The molecule has 1 radical (unpaired) electrons. The Morgan fingerprint density at radius 1 is 0.907 bits per heavy atom. The molecule has 1 aliphatic carbocycles. The number of fused-ring (bicyclic) bond motifs is 3. The molecule has 221 valence electrons. The van der Waals surface area contributed by atoms with Crippen LogP contribution in [-0.2, 0) is 32.2 Å². The fourth-order valence-electron chi connectivity index (χ4n) is 7.54. The molecule has 1 fully saturated rings. The summed E-state index contributed by atoms with van der Waals surface area (Å²) in [7, 11) is 0. The average molecular weight is 743 g/mol. The predicted molar refractivity (Wildman–Crippen MR) is 173 cm³/mol. The van der Waals surface area contributed by atoms with Gasteiger partial charge in [-0.2, -0.15) is 0 Å².